The fourth-order valence-corrected chi connectivity index (χ4v) is 1.60. The van der Waals surface area contributed by atoms with E-state index in [9.17, 15) is 18.0 Å². The molecule has 1 aliphatic heterocycles. The first kappa shape index (κ1) is 13.2. The van der Waals surface area contributed by atoms with E-state index >= 15 is 0 Å². The summed E-state index contributed by atoms with van der Waals surface area (Å²) < 4.78 is 42.5. The molecule has 1 heterocycles. The first-order chi connectivity index (χ1) is 7.36. The second-order valence-corrected chi connectivity index (χ2v) is 3.80. The van der Waals surface area contributed by atoms with Crippen LogP contribution >= 0.6 is 0 Å². The summed E-state index contributed by atoms with van der Waals surface area (Å²) >= 11 is 0. The quantitative estimate of drug-likeness (QED) is 0.745. The monoisotopic (exact) mass is 240 g/mol. The largest absolute Gasteiger partial charge is 0.465 e. The van der Waals surface area contributed by atoms with Crippen LogP contribution in [-0.4, -0.2) is 43.4 Å². The van der Waals surface area contributed by atoms with Crippen LogP contribution in [0.2, 0.25) is 0 Å². The van der Waals surface area contributed by atoms with E-state index in [1.807, 2.05) is 0 Å². The number of alkyl halides is 3. The minimum absolute atomic E-state index is 0.00667. The van der Waals surface area contributed by atoms with E-state index in [1.54, 1.807) is 6.92 Å². The summed E-state index contributed by atoms with van der Waals surface area (Å²) in [5.41, 5.74) is 2.21. The predicted molar refractivity (Wildman–Crippen MR) is 50.3 cm³/mol. The van der Waals surface area contributed by atoms with Crippen molar-refractivity contribution in [2.24, 2.45) is 5.92 Å². The van der Waals surface area contributed by atoms with Crippen LogP contribution in [0.4, 0.5) is 13.2 Å². The van der Waals surface area contributed by atoms with E-state index in [1.165, 1.54) is 12.1 Å². The highest BCUT2D eigenvalue weighted by molar-refractivity contribution is 5.74. The number of hydrogen-bond acceptors (Lipinski definition) is 4. The lowest BCUT2D eigenvalue weighted by Crippen LogP contribution is -2.46. The van der Waals surface area contributed by atoms with Gasteiger partial charge in [-0.15, -0.1) is 0 Å². The first-order valence-electron chi connectivity index (χ1n) is 5.07. The number of hydrazine groups is 1. The van der Waals surface area contributed by atoms with Crippen molar-refractivity contribution >= 4 is 5.97 Å². The third-order valence-electron chi connectivity index (χ3n) is 2.34. The molecule has 1 N–H and O–H groups in total. The predicted octanol–water partition coefficient (Wildman–Crippen LogP) is 0.937. The number of nitrogens with one attached hydrogen (secondary N) is 1. The smallest absolute Gasteiger partial charge is 0.406 e. The fraction of sp³-hybridized carbons (Fsp3) is 0.889. The molecule has 0 aromatic carbocycles. The molecule has 0 radical (unpaired) electrons. The SMILES string of the molecule is CCCOC(=O)C1CN(C)NC1C(F)(F)F. The van der Waals surface area contributed by atoms with Crippen molar-refractivity contribution in [2.75, 3.05) is 20.2 Å². The van der Waals surface area contributed by atoms with E-state index in [0.29, 0.717) is 6.42 Å². The Labute approximate surface area is 91.7 Å². The number of nitrogens with zero attached hydrogens (tertiary/aromatic N) is 1. The zero-order valence-corrected chi connectivity index (χ0v) is 9.17. The Morgan fingerprint density at radius 1 is 1.56 bits per heavy atom. The number of carbonyl (C=O) groups excluding carboxylic acids is 1. The Morgan fingerprint density at radius 3 is 2.69 bits per heavy atom. The first-order valence-corrected chi connectivity index (χ1v) is 5.07. The van der Waals surface area contributed by atoms with E-state index in [2.05, 4.69) is 5.43 Å². The third-order valence-corrected chi connectivity index (χ3v) is 2.34. The molecule has 1 aliphatic rings. The van der Waals surface area contributed by atoms with Crippen molar-refractivity contribution in [1.29, 1.82) is 0 Å². The topological polar surface area (TPSA) is 41.6 Å². The number of hydrogen-bond donors (Lipinski definition) is 1. The van der Waals surface area contributed by atoms with Gasteiger partial charge in [-0.05, 0) is 6.42 Å². The van der Waals surface area contributed by atoms with Crippen LogP contribution in [0.15, 0.2) is 0 Å². The molecule has 0 aromatic heterocycles. The van der Waals surface area contributed by atoms with Gasteiger partial charge in [-0.2, -0.15) is 13.2 Å². The summed E-state index contributed by atoms with van der Waals surface area (Å²) in [4.78, 5) is 11.4. The molecular formula is C9H15F3N2O2. The molecule has 0 aromatic rings. The summed E-state index contributed by atoms with van der Waals surface area (Å²) in [6.07, 6.45) is -3.85. The molecule has 0 saturated carbocycles. The molecule has 94 valence electrons. The Balaban J connectivity index is 2.66. The molecule has 1 rings (SSSR count). The molecule has 7 heteroatoms. The highest BCUT2D eigenvalue weighted by Crippen LogP contribution is 2.30. The van der Waals surface area contributed by atoms with Crippen LogP contribution in [0.25, 0.3) is 0 Å². The van der Waals surface area contributed by atoms with E-state index in [-0.39, 0.29) is 13.2 Å². The van der Waals surface area contributed by atoms with Crippen molar-refractivity contribution in [2.45, 2.75) is 25.6 Å². The number of carbonyl (C=O) groups is 1. The highest BCUT2D eigenvalue weighted by Gasteiger charge is 2.52. The van der Waals surface area contributed by atoms with Crippen LogP contribution in [0, 0.1) is 5.92 Å². The normalized spacial score (nSPS) is 27.1. The van der Waals surface area contributed by atoms with Gasteiger partial charge in [-0.1, -0.05) is 6.92 Å². The Kier molecular flexibility index (Phi) is 4.15. The van der Waals surface area contributed by atoms with Crippen molar-refractivity contribution < 1.29 is 22.7 Å². The van der Waals surface area contributed by atoms with Gasteiger partial charge in [0.05, 0.1) is 12.5 Å². The van der Waals surface area contributed by atoms with E-state index in [0.717, 1.165) is 0 Å². The van der Waals surface area contributed by atoms with Crippen LogP contribution in [0.5, 0.6) is 0 Å². The van der Waals surface area contributed by atoms with Gasteiger partial charge in [0.15, 0.2) is 0 Å². The molecule has 1 fully saturated rings. The highest BCUT2D eigenvalue weighted by atomic mass is 19.4. The molecule has 16 heavy (non-hydrogen) atoms. The molecule has 0 bridgehead atoms. The van der Waals surface area contributed by atoms with Gasteiger partial charge in [0.2, 0.25) is 0 Å². The third kappa shape index (κ3) is 3.08. The number of esters is 1. The lowest BCUT2D eigenvalue weighted by Gasteiger charge is -2.20. The minimum Gasteiger partial charge on any atom is -0.465 e. The summed E-state index contributed by atoms with van der Waals surface area (Å²) in [6.45, 7) is 1.95. The Bertz CT molecular complexity index is 258. The van der Waals surface area contributed by atoms with Crippen LogP contribution in [0.1, 0.15) is 13.3 Å². The number of rotatable bonds is 3. The molecule has 2 unspecified atom stereocenters. The van der Waals surface area contributed by atoms with Gasteiger partial charge < -0.3 is 4.74 Å². The molecule has 2 atom stereocenters. The molecule has 0 spiro atoms. The van der Waals surface area contributed by atoms with E-state index < -0.39 is 24.1 Å². The number of halogens is 3. The average molecular weight is 240 g/mol. The van der Waals surface area contributed by atoms with Gasteiger partial charge in [0.1, 0.15) is 6.04 Å². The van der Waals surface area contributed by atoms with Crippen molar-refractivity contribution in [3.8, 4) is 0 Å². The fourth-order valence-electron chi connectivity index (χ4n) is 1.60. The molecule has 1 saturated heterocycles. The Morgan fingerprint density at radius 2 is 2.19 bits per heavy atom. The van der Waals surface area contributed by atoms with E-state index in [4.69, 9.17) is 4.74 Å². The molecular weight excluding hydrogens is 225 g/mol. The van der Waals surface area contributed by atoms with Gasteiger partial charge in [-0.3, -0.25) is 4.79 Å². The Hall–Kier alpha value is -0.820. The van der Waals surface area contributed by atoms with Crippen molar-refractivity contribution in [3.05, 3.63) is 0 Å². The summed E-state index contributed by atoms with van der Waals surface area (Å²) in [5.74, 6) is -1.97. The molecule has 0 amide bonds. The van der Waals surface area contributed by atoms with Gasteiger partial charge in [0, 0.05) is 13.6 Å². The van der Waals surface area contributed by atoms with Gasteiger partial charge in [0.25, 0.3) is 0 Å². The zero-order valence-electron chi connectivity index (χ0n) is 9.17. The lowest BCUT2D eigenvalue weighted by molar-refractivity contribution is -0.177. The standard InChI is InChI=1S/C9H15F3N2O2/c1-3-4-16-8(15)6-5-14(2)13-7(6)9(10,11)12/h6-7,13H,3-5H2,1-2H3. The van der Waals surface area contributed by atoms with Crippen LogP contribution in [-0.2, 0) is 9.53 Å². The summed E-state index contributed by atoms with van der Waals surface area (Å²) in [6, 6.07) is -1.85. The summed E-state index contributed by atoms with van der Waals surface area (Å²) in [5, 5.41) is 1.26. The van der Waals surface area contributed by atoms with Crippen molar-refractivity contribution in [1.82, 2.24) is 10.4 Å². The number of ether oxygens (including phenoxy) is 1. The average Bonchev–Trinajstić information content (AvgIpc) is 2.56. The molecule has 4 nitrogen and oxygen atoms in total. The second kappa shape index (κ2) is 5.01. The maximum Gasteiger partial charge on any atom is 0.406 e. The van der Waals surface area contributed by atoms with Gasteiger partial charge >= 0.3 is 12.1 Å². The van der Waals surface area contributed by atoms with Crippen LogP contribution in [0.3, 0.4) is 0 Å². The van der Waals surface area contributed by atoms with Gasteiger partial charge in [-0.25, -0.2) is 10.4 Å². The second-order valence-electron chi connectivity index (χ2n) is 3.80. The molecule has 0 aliphatic carbocycles. The minimum atomic E-state index is -4.44. The maximum atomic E-state index is 12.6. The van der Waals surface area contributed by atoms with Crippen molar-refractivity contribution in [3.63, 3.8) is 0 Å². The summed E-state index contributed by atoms with van der Waals surface area (Å²) in [7, 11) is 1.46. The maximum absolute atomic E-state index is 12.6. The van der Waals surface area contributed by atoms with Crippen LogP contribution < -0.4 is 5.43 Å². The lowest BCUT2D eigenvalue weighted by atomic mass is 10.0. The zero-order chi connectivity index (χ0) is 12.3.